The number of halogens is 1. The Labute approximate surface area is 148 Å². The fraction of sp³-hybridized carbons (Fsp3) is 0.600. The van der Waals surface area contributed by atoms with Crippen molar-refractivity contribution < 1.29 is 13.3 Å². The lowest BCUT2D eigenvalue weighted by Gasteiger charge is -2.29. The molecule has 0 saturated heterocycles. The second-order valence-electron chi connectivity index (χ2n) is 6.04. The largest absolute Gasteiger partial charge is 0.329 e. The van der Waals surface area contributed by atoms with Crippen LogP contribution in [0, 0.1) is 23.0 Å². The van der Waals surface area contributed by atoms with Crippen molar-refractivity contribution in [2.75, 3.05) is 6.54 Å². The summed E-state index contributed by atoms with van der Waals surface area (Å²) in [6.07, 6.45) is 5.14. The standard InChI is InChI=1S/C15H23N3O4S.ClH/c1-11-6-5-9-14(18(19)20)15(11)23(21,22)17-13(10-16)12-7-3-2-4-8-12;/h5-6,9,12-13,17H,2-4,7-8,10,16H2,1H3;1H. The van der Waals surface area contributed by atoms with Crippen molar-refractivity contribution in [1.29, 1.82) is 0 Å². The fourth-order valence-corrected chi connectivity index (χ4v) is 4.98. The van der Waals surface area contributed by atoms with Gasteiger partial charge in [-0.05, 0) is 31.2 Å². The zero-order chi connectivity index (χ0) is 17.0. The van der Waals surface area contributed by atoms with Gasteiger partial charge in [0, 0.05) is 18.7 Å². The quantitative estimate of drug-likeness (QED) is 0.583. The second-order valence-corrected chi connectivity index (χ2v) is 7.69. The fourth-order valence-electron chi connectivity index (χ4n) is 3.26. The van der Waals surface area contributed by atoms with E-state index in [0.29, 0.717) is 5.56 Å². The molecule has 1 saturated carbocycles. The minimum absolute atomic E-state index is 0. The van der Waals surface area contributed by atoms with Gasteiger partial charge >= 0.3 is 0 Å². The van der Waals surface area contributed by atoms with E-state index in [2.05, 4.69) is 4.72 Å². The smallest absolute Gasteiger partial charge is 0.289 e. The Morgan fingerprint density at radius 2 is 1.96 bits per heavy atom. The van der Waals surface area contributed by atoms with Gasteiger partial charge in [0.15, 0.2) is 4.90 Å². The Bertz CT molecular complexity index is 675. The van der Waals surface area contributed by atoms with Gasteiger partial charge in [-0.25, -0.2) is 13.1 Å². The minimum atomic E-state index is -4.00. The molecule has 2 rings (SSSR count). The Morgan fingerprint density at radius 1 is 1.33 bits per heavy atom. The van der Waals surface area contributed by atoms with Crippen molar-refractivity contribution in [3.05, 3.63) is 33.9 Å². The molecule has 0 aromatic heterocycles. The summed E-state index contributed by atoms with van der Waals surface area (Å²) in [5.74, 6) is 0.187. The molecule has 0 radical (unpaired) electrons. The lowest BCUT2D eigenvalue weighted by atomic mass is 9.84. The summed E-state index contributed by atoms with van der Waals surface area (Å²) in [6, 6.07) is 3.85. The van der Waals surface area contributed by atoms with Gasteiger partial charge in [-0.1, -0.05) is 31.4 Å². The van der Waals surface area contributed by atoms with Crippen molar-refractivity contribution in [1.82, 2.24) is 4.72 Å². The number of hydrogen-bond acceptors (Lipinski definition) is 5. The van der Waals surface area contributed by atoms with E-state index in [1.165, 1.54) is 12.1 Å². The van der Waals surface area contributed by atoms with E-state index >= 15 is 0 Å². The maximum absolute atomic E-state index is 12.7. The highest BCUT2D eigenvalue weighted by atomic mass is 35.5. The first-order valence-corrected chi connectivity index (χ1v) is 9.31. The number of sulfonamides is 1. The topological polar surface area (TPSA) is 115 Å². The zero-order valence-corrected chi connectivity index (χ0v) is 15.2. The number of hydrogen-bond donors (Lipinski definition) is 2. The van der Waals surface area contributed by atoms with Gasteiger partial charge in [0.05, 0.1) is 4.92 Å². The molecule has 9 heteroatoms. The third kappa shape index (κ3) is 4.66. The monoisotopic (exact) mass is 377 g/mol. The number of nitro groups is 1. The van der Waals surface area contributed by atoms with Crippen LogP contribution >= 0.6 is 12.4 Å². The second kappa shape index (κ2) is 8.75. The Morgan fingerprint density at radius 3 is 2.50 bits per heavy atom. The normalized spacial score (nSPS) is 17.1. The average molecular weight is 378 g/mol. The molecule has 1 aromatic rings. The molecule has 1 fully saturated rings. The summed E-state index contributed by atoms with van der Waals surface area (Å²) in [7, 11) is -4.00. The van der Waals surface area contributed by atoms with Gasteiger partial charge in [0.2, 0.25) is 10.0 Å². The van der Waals surface area contributed by atoms with Crippen molar-refractivity contribution >= 4 is 28.1 Å². The van der Waals surface area contributed by atoms with Gasteiger partial charge in [0.25, 0.3) is 5.69 Å². The van der Waals surface area contributed by atoms with Crippen LogP contribution < -0.4 is 10.5 Å². The summed E-state index contributed by atoms with van der Waals surface area (Å²) < 4.78 is 28.0. The summed E-state index contributed by atoms with van der Waals surface area (Å²) in [4.78, 5) is 10.2. The van der Waals surface area contributed by atoms with E-state index in [0.717, 1.165) is 32.1 Å². The molecule has 1 unspecified atom stereocenters. The highest BCUT2D eigenvalue weighted by Crippen LogP contribution is 2.30. The summed E-state index contributed by atoms with van der Waals surface area (Å²) in [5, 5.41) is 11.2. The Kier molecular flexibility index (Phi) is 7.59. The van der Waals surface area contributed by atoms with E-state index < -0.39 is 20.6 Å². The number of rotatable bonds is 6. The van der Waals surface area contributed by atoms with Gasteiger partial charge in [-0.15, -0.1) is 12.4 Å². The van der Waals surface area contributed by atoms with Crippen LogP contribution in [0.5, 0.6) is 0 Å². The van der Waals surface area contributed by atoms with Crippen molar-refractivity contribution in [2.45, 2.75) is 50.0 Å². The molecule has 1 aliphatic rings. The summed E-state index contributed by atoms with van der Waals surface area (Å²) >= 11 is 0. The van der Waals surface area contributed by atoms with E-state index in [1.807, 2.05) is 0 Å². The number of nitro benzene ring substituents is 1. The van der Waals surface area contributed by atoms with Crippen LogP contribution in [0.3, 0.4) is 0 Å². The highest BCUT2D eigenvalue weighted by molar-refractivity contribution is 7.89. The molecule has 1 aromatic carbocycles. The van der Waals surface area contributed by atoms with E-state index in [1.54, 1.807) is 13.0 Å². The first-order valence-electron chi connectivity index (χ1n) is 7.83. The predicted molar refractivity (Wildman–Crippen MR) is 94.8 cm³/mol. The molecular weight excluding hydrogens is 354 g/mol. The van der Waals surface area contributed by atoms with Crippen LogP contribution in [0.1, 0.15) is 37.7 Å². The number of benzene rings is 1. The van der Waals surface area contributed by atoms with E-state index in [4.69, 9.17) is 5.73 Å². The van der Waals surface area contributed by atoms with Crippen LogP contribution in [-0.4, -0.2) is 25.9 Å². The van der Waals surface area contributed by atoms with E-state index in [9.17, 15) is 18.5 Å². The molecule has 7 nitrogen and oxygen atoms in total. The zero-order valence-electron chi connectivity index (χ0n) is 13.6. The summed E-state index contributed by atoms with van der Waals surface area (Å²) in [6.45, 7) is 1.74. The van der Waals surface area contributed by atoms with Gasteiger partial charge in [-0.3, -0.25) is 10.1 Å². The highest BCUT2D eigenvalue weighted by Gasteiger charge is 2.32. The van der Waals surface area contributed by atoms with Gasteiger partial charge in [0.1, 0.15) is 0 Å². The maximum Gasteiger partial charge on any atom is 0.289 e. The lowest BCUT2D eigenvalue weighted by molar-refractivity contribution is -0.387. The minimum Gasteiger partial charge on any atom is -0.329 e. The Hall–Kier alpha value is -1.22. The molecule has 1 atom stereocenters. The molecule has 0 aliphatic heterocycles. The van der Waals surface area contributed by atoms with Crippen LogP contribution in [0.25, 0.3) is 0 Å². The van der Waals surface area contributed by atoms with Crippen LogP contribution in [0.15, 0.2) is 23.1 Å². The molecule has 0 bridgehead atoms. The molecular formula is C15H24ClN3O4S. The number of aryl methyl sites for hydroxylation is 1. The molecule has 24 heavy (non-hydrogen) atoms. The third-order valence-electron chi connectivity index (χ3n) is 4.44. The SMILES string of the molecule is Cc1cccc([N+](=O)[O-])c1S(=O)(=O)NC(CN)C1CCCCC1.Cl. The predicted octanol–water partition coefficient (Wildman–Crippen LogP) is 2.51. The van der Waals surface area contributed by atoms with Crippen LogP contribution in [0.4, 0.5) is 5.69 Å². The van der Waals surface area contributed by atoms with Crippen molar-refractivity contribution in [3.8, 4) is 0 Å². The number of nitrogens with zero attached hydrogens (tertiary/aromatic N) is 1. The average Bonchev–Trinajstić information content (AvgIpc) is 2.53. The molecule has 0 spiro atoms. The van der Waals surface area contributed by atoms with Gasteiger partial charge in [-0.2, -0.15) is 0 Å². The molecule has 3 N–H and O–H groups in total. The first-order chi connectivity index (χ1) is 10.9. The Balaban J connectivity index is 0.00000288. The molecule has 0 amide bonds. The maximum atomic E-state index is 12.7. The number of nitrogens with one attached hydrogen (secondary N) is 1. The lowest BCUT2D eigenvalue weighted by Crippen LogP contribution is -2.46. The number of nitrogens with two attached hydrogens (primary N) is 1. The summed E-state index contributed by atoms with van der Waals surface area (Å²) in [5.41, 5.74) is 5.71. The first kappa shape index (κ1) is 20.8. The molecule has 1 aliphatic carbocycles. The molecule has 0 heterocycles. The van der Waals surface area contributed by atoms with Gasteiger partial charge < -0.3 is 5.73 Å². The third-order valence-corrected chi connectivity index (χ3v) is 6.12. The van der Waals surface area contributed by atoms with Crippen molar-refractivity contribution in [3.63, 3.8) is 0 Å². The molecule has 136 valence electrons. The van der Waals surface area contributed by atoms with Crippen molar-refractivity contribution in [2.24, 2.45) is 11.7 Å². The van der Waals surface area contributed by atoms with Crippen LogP contribution in [-0.2, 0) is 10.0 Å². The van der Waals surface area contributed by atoms with E-state index in [-0.39, 0.29) is 35.8 Å². The van der Waals surface area contributed by atoms with Crippen LogP contribution in [0.2, 0.25) is 0 Å².